The maximum atomic E-state index is 7.98. The van der Waals surface area contributed by atoms with Gasteiger partial charge in [-0.2, -0.15) is 0 Å². The van der Waals surface area contributed by atoms with Crippen LogP contribution in [-0.4, -0.2) is 41.8 Å². The van der Waals surface area contributed by atoms with Crippen LogP contribution in [0.4, 0.5) is 22.9 Å². The number of aromatic nitrogens is 1. The number of benzene rings is 3. The third kappa shape index (κ3) is 5.19. The van der Waals surface area contributed by atoms with E-state index in [-0.39, 0.29) is 0 Å². The Kier molecular flexibility index (Phi) is 7.80. The summed E-state index contributed by atoms with van der Waals surface area (Å²) in [5.74, 6) is 1.70. The van der Waals surface area contributed by atoms with Crippen LogP contribution in [0.5, 0.6) is 0 Å². The average Bonchev–Trinajstić information content (AvgIpc) is 3.00. The second-order valence-electron chi connectivity index (χ2n) is 11.5. The van der Waals surface area contributed by atoms with Crippen LogP contribution >= 0.6 is 11.8 Å². The van der Waals surface area contributed by atoms with Gasteiger partial charge in [-0.15, -0.1) is 0 Å². The predicted octanol–water partition coefficient (Wildman–Crippen LogP) is 7.94. The summed E-state index contributed by atoms with van der Waals surface area (Å²) < 4.78 is 0. The van der Waals surface area contributed by atoms with Gasteiger partial charge in [0.15, 0.2) is 0 Å². The molecule has 0 saturated carbocycles. The third-order valence-electron chi connectivity index (χ3n) is 8.67. The first kappa shape index (κ1) is 28.1. The number of nitrogen functional groups attached to an aromatic ring is 2. The molecule has 6 rings (SSSR count). The fraction of sp³-hybridized carbons (Fsp3) is 0.257. The van der Waals surface area contributed by atoms with Gasteiger partial charge in [0.25, 0.3) is 0 Å². The van der Waals surface area contributed by atoms with Crippen LogP contribution < -0.4 is 16.4 Å². The molecule has 0 bridgehead atoms. The molecule has 3 heterocycles. The van der Waals surface area contributed by atoms with E-state index in [0.717, 1.165) is 80.2 Å². The number of piperidine rings is 1. The van der Waals surface area contributed by atoms with Gasteiger partial charge in [-0.05, 0) is 72.7 Å². The molecular formula is C35H38N6S. The third-order valence-corrected chi connectivity index (χ3v) is 9.73. The highest BCUT2D eigenvalue weighted by Gasteiger charge is 2.29. The van der Waals surface area contributed by atoms with Crippen LogP contribution in [0.1, 0.15) is 37.8 Å². The van der Waals surface area contributed by atoms with Gasteiger partial charge in [-0.1, -0.05) is 61.7 Å². The Morgan fingerprint density at radius 3 is 2.38 bits per heavy atom. The second kappa shape index (κ2) is 11.7. The van der Waals surface area contributed by atoms with Gasteiger partial charge < -0.3 is 21.8 Å². The molecule has 42 heavy (non-hydrogen) atoms. The molecule has 3 aromatic carbocycles. The van der Waals surface area contributed by atoms with Crippen LogP contribution in [0.2, 0.25) is 0 Å². The molecule has 2 aliphatic rings. The van der Waals surface area contributed by atoms with Crippen molar-refractivity contribution in [3.05, 3.63) is 84.6 Å². The minimum atomic E-state index is 0.584. The number of rotatable bonds is 7. The number of hydrogen-bond acceptors (Lipinski definition) is 7. The molecule has 1 saturated heterocycles. The van der Waals surface area contributed by atoms with Crippen LogP contribution in [0.15, 0.2) is 83.2 Å². The Morgan fingerprint density at radius 1 is 0.929 bits per heavy atom. The van der Waals surface area contributed by atoms with Crippen molar-refractivity contribution < 1.29 is 0 Å². The lowest BCUT2D eigenvalue weighted by atomic mass is 9.95. The van der Waals surface area contributed by atoms with Gasteiger partial charge in [-0.3, -0.25) is 4.90 Å². The van der Waals surface area contributed by atoms with E-state index < -0.39 is 0 Å². The highest BCUT2D eigenvalue weighted by molar-refractivity contribution is 7.99. The summed E-state index contributed by atoms with van der Waals surface area (Å²) in [4.78, 5) is 12.3. The number of likely N-dealkylation sites (tertiary alicyclic amines) is 1. The van der Waals surface area contributed by atoms with E-state index >= 15 is 0 Å². The van der Waals surface area contributed by atoms with Crippen molar-refractivity contribution in [2.24, 2.45) is 5.92 Å². The molecule has 2 unspecified atom stereocenters. The van der Waals surface area contributed by atoms with Crippen LogP contribution in [0.25, 0.3) is 28.3 Å². The van der Waals surface area contributed by atoms with E-state index in [2.05, 4.69) is 60.6 Å². The number of nitrogens with zero attached hydrogens (tertiary/aromatic N) is 3. The smallest absolute Gasteiger partial charge is 0.147 e. The molecule has 7 heteroatoms. The normalized spacial score (nSPS) is 18.3. The van der Waals surface area contributed by atoms with E-state index in [0.29, 0.717) is 17.4 Å². The molecule has 1 fully saturated rings. The van der Waals surface area contributed by atoms with Crippen molar-refractivity contribution >= 4 is 46.9 Å². The summed E-state index contributed by atoms with van der Waals surface area (Å²) in [5, 5.41) is 7.98. The number of nitrogens with one attached hydrogen (secondary N) is 1. The van der Waals surface area contributed by atoms with Crippen molar-refractivity contribution in [3.8, 4) is 22.3 Å². The highest BCUT2D eigenvalue weighted by atomic mass is 32.2. The standard InChI is InChI=1S/C35H38N6S/c1-4-26-28(8-6-9-30(26)37)25-18-34-35(39-20-25)41(16-15-40-21-22(2)11-12-23(40)3)32-14-13-24(17-33(32)42-34)27-7-5-10-31(38)29(27)19-36/h4-10,13-14,17-20,22-23,36H,1,11-12,15-16,21,37-38H2,2-3H3. The molecule has 0 aliphatic carbocycles. The van der Waals surface area contributed by atoms with E-state index in [1.54, 1.807) is 11.8 Å². The lowest BCUT2D eigenvalue weighted by Crippen LogP contribution is -2.44. The summed E-state index contributed by atoms with van der Waals surface area (Å²) in [7, 11) is 0. The van der Waals surface area contributed by atoms with Crippen molar-refractivity contribution in [3.63, 3.8) is 0 Å². The first-order valence-corrected chi connectivity index (χ1v) is 15.4. The molecular weight excluding hydrogens is 536 g/mol. The van der Waals surface area contributed by atoms with Crippen LogP contribution in [0, 0.1) is 11.3 Å². The lowest BCUT2D eigenvalue weighted by Gasteiger charge is -2.39. The second-order valence-corrected chi connectivity index (χ2v) is 12.6. The molecule has 214 valence electrons. The molecule has 6 nitrogen and oxygen atoms in total. The molecule has 5 N–H and O–H groups in total. The number of nitrogens with two attached hydrogens (primary N) is 2. The topological polar surface area (TPSA) is 95.3 Å². The fourth-order valence-corrected chi connectivity index (χ4v) is 7.43. The zero-order valence-electron chi connectivity index (χ0n) is 24.3. The molecule has 1 aromatic heterocycles. The van der Waals surface area contributed by atoms with E-state index in [1.807, 2.05) is 42.6 Å². The Labute approximate surface area is 253 Å². The SMILES string of the molecule is C=Cc1c(N)cccc1-c1cnc2c(c1)Sc1cc(-c3cccc(N)c3C=N)ccc1N2CCN1CC(C)CCC1C. The zero-order valence-corrected chi connectivity index (χ0v) is 25.1. The molecule has 0 spiro atoms. The monoisotopic (exact) mass is 574 g/mol. The van der Waals surface area contributed by atoms with Gasteiger partial charge in [0.1, 0.15) is 5.82 Å². The first-order chi connectivity index (χ1) is 20.4. The largest absolute Gasteiger partial charge is 0.398 e. The summed E-state index contributed by atoms with van der Waals surface area (Å²) in [6.45, 7) is 11.7. The summed E-state index contributed by atoms with van der Waals surface area (Å²) in [5.41, 5.74) is 20.7. The molecule has 2 atom stereocenters. The maximum Gasteiger partial charge on any atom is 0.147 e. The van der Waals surface area contributed by atoms with Gasteiger partial charge in [-0.25, -0.2) is 4.98 Å². The van der Waals surface area contributed by atoms with Crippen molar-refractivity contribution in [1.29, 1.82) is 5.41 Å². The van der Waals surface area contributed by atoms with Crippen molar-refractivity contribution in [2.75, 3.05) is 36.0 Å². The maximum absolute atomic E-state index is 7.98. The molecule has 2 aliphatic heterocycles. The Hall–Kier alpha value is -4.07. The van der Waals surface area contributed by atoms with Gasteiger partial charge in [0.2, 0.25) is 0 Å². The van der Waals surface area contributed by atoms with Gasteiger partial charge in [0.05, 0.1) is 10.6 Å². The van der Waals surface area contributed by atoms with E-state index in [9.17, 15) is 0 Å². The average molecular weight is 575 g/mol. The number of anilines is 4. The number of fused-ring (bicyclic) bond motifs is 2. The predicted molar refractivity (Wildman–Crippen MR) is 179 cm³/mol. The summed E-state index contributed by atoms with van der Waals surface area (Å²) >= 11 is 1.74. The van der Waals surface area contributed by atoms with Gasteiger partial charge >= 0.3 is 0 Å². The molecule has 4 aromatic rings. The van der Waals surface area contributed by atoms with Crippen molar-refractivity contribution in [2.45, 2.75) is 42.5 Å². The highest BCUT2D eigenvalue weighted by Crippen LogP contribution is 2.49. The minimum absolute atomic E-state index is 0.584. The summed E-state index contributed by atoms with van der Waals surface area (Å²) in [6.07, 6.45) is 7.67. The Bertz CT molecular complexity index is 1560. The van der Waals surface area contributed by atoms with E-state index in [4.69, 9.17) is 21.9 Å². The quantitative estimate of drug-likeness (QED) is 0.153. The first-order valence-electron chi connectivity index (χ1n) is 14.6. The Morgan fingerprint density at radius 2 is 1.64 bits per heavy atom. The summed E-state index contributed by atoms with van der Waals surface area (Å²) in [6, 6.07) is 21.2. The lowest BCUT2D eigenvalue weighted by molar-refractivity contribution is 0.129. The Balaban J connectivity index is 1.42. The van der Waals surface area contributed by atoms with Crippen molar-refractivity contribution in [1.82, 2.24) is 9.88 Å². The van der Waals surface area contributed by atoms with Gasteiger partial charge in [0, 0.05) is 71.0 Å². The van der Waals surface area contributed by atoms with Crippen LogP contribution in [0.3, 0.4) is 0 Å². The molecule has 0 radical (unpaired) electrons. The fourth-order valence-electron chi connectivity index (χ4n) is 6.29. The molecule has 0 amide bonds. The zero-order chi connectivity index (χ0) is 29.4. The minimum Gasteiger partial charge on any atom is -0.398 e. The number of hydrogen-bond donors (Lipinski definition) is 3. The van der Waals surface area contributed by atoms with E-state index in [1.165, 1.54) is 19.1 Å². The van der Waals surface area contributed by atoms with Crippen LogP contribution in [-0.2, 0) is 0 Å². The number of pyridine rings is 1.